The quantitative estimate of drug-likeness (QED) is 0.712. The molecule has 0 fully saturated rings. The van der Waals surface area contributed by atoms with Crippen LogP contribution in [0.5, 0.6) is 0 Å². The number of hydrogen-bond donors (Lipinski definition) is 3. The predicted octanol–water partition coefficient (Wildman–Crippen LogP) is 1.86. The van der Waals surface area contributed by atoms with E-state index in [4.69, 9.17) is 10.2 Å². The van der Waals surface area contributed by atoms with Gasteiger partial charge in [-0.3, -0.25) is 9.59 Å². The van der Waals surface area contributed by atoms with E-state index in [0.717, 1.165) is 5.56 Å². The maximum atomic E-state index is 12.0. The number of benzene rings is 1. The maximum Gasteiger partial charge on any atom is 0.326 e. The second-order valence-electron chi connectivity index (χ2n) is 5.07. The largest absolute Gasteiger partial charge is 0.481 e. The van der Waals surface area contributed by atoms with Gasteiger partial charge in [-0.05, 0) is 30.0 Å². The van der Waals surface area contributed by atoms with Gasteiger partial charge in [-0.25, -0.2) is 4.79 Å². The minimum atomic E-state index is -1.25. The third-order valence-corrected chi connectivity index (χ3v) is 3.09. The Morgan fingerprint density at radius 3 is 2.10 bits per heavy atom. The number of nitrogens with one attached hydrogen (secondary N) is 1. The molecule has 114 valence electrons. The van der Waals surface area contributed by atoms with Crippen LogP contribution < -0.4 is 5.32 Å². The number of aliphatic carboxylic acids is 2. The highest BCUT2D eigenvalue weighted by molar-refractivity contribution is 5.96. The SMILES string of the molecule is CC(C)c1ccc(C(=O)NC(CCC(=O)O)C(=O)O)cc1. The van der Waals surface area contributed by atoms with Gasteiger partial charge in [-0.2, -0.15) is 0 Å². The number of amides is 1. The molecular weight excluding hydrogens is 274 g/mol. The van der Waals surface area contributed by atoms with Gasteiger partial charge >= 0.3 is 11.9 Å². The van der Waals surface area contributed by atoms with Gasteiger partial charge in [-0.1, -0.05) is 26.0 Å². The lowest BCUT2D eigenvalue weighted by molar-refractivity contribution is -0.140. The van der Waals surface area contributed by atoms with E-state index in [1.165, 1.54) is 0 Å². The third kappa shape index (κ3) is 5.25. The van der Waals surface area contributed by atoms with E-state index < -0.39 is 23.9 Å². The Bertz CT molecular complexity index is 521. The molecule has 6 nitrogen and oxygen atoms in total. The van der Waals surface area contributed by atoms with Crippen molar-refractivity contribution >= 4 is 17.8 Å². The summed E-state index contributed by atoms with van der Waals surface area (Å²) >= 11 is 0. The van der Waals surface area contributed by atoms with Crippen molar-refractivity contribution < 1.29 is 24.6 Å². The second kappa shape index (κ2) is 7.42. The van der Waals surface area contributed by atoms with Gasteiger partial charge in [-0.15, -0.1) is 0 Å². The first-order valence-electron chi connectivity index (χ1n) is 6.66. The summed E-state index contributed by atoms with van der Waals surface area (Å²) in [6.45, 7) is 4.06. The van der Waals surface area contributed by atoms with E-state index in [1.54, 1.807) is 12.1 Å². The summed E-state index contributed by atoms with van der Waals surface area (Å²) in [5.74, 6) is -2.53. The van der Waals surface area contributed by atoms with Gasteiger partial charge in [0.05, 0.1) is 0 Å². The summed E-state index contributed by atoms with van der Waals surface area (Å²) in [6.07, 6.45) is -0.468. The van der Waals surface area contributed by atoms with Crippen molar-refractivity contribution in [3.63, 3.8) is 0 Å². The third-order valence-electron chi connectivity index (χ3n) is 3.09. The molecule has 1 atom stereocenters. The van der Waals surface area contributed by atoms with Gasteiger partial charge in [0.2, 0.25) is 0 Å². The average molecular weight is 293 g/mol. The maximum absolute atomic E-state index is 12.0. The second-order valence-corrected chi connectivity index (χ2v) is 5.07. The topological polar surface area (TPSA) is 104 Å². The van der Waals surface area contributed by atoms with Crippen molar-refractivity contribution in [2.24, 2.45) is 0 Å². The molecule has 0 aliphatic rings. The van der Waals surface area contributed by atoms with Crippen LogP contribution in [0, 0.1) is 0 Å². The predicted molar refractivity (Wildman–Crippen MR) is 76.3 cm³/mol. The van der Waals surface area contributed by atoms with E-state index in [-0.39, 0.29) is 12.8 Å². The van der Waals surface area contributed by atoms with Crippen molar-refractivity contribution in [1.29, 1.82) is 0 Å². The van der Waals surface area contributed by atoms with Gasteiger partial charge in [0.25, 0.3) is 5.91 Å². The summed E-state index contributed by atoms with van der Waals surface area (Å²) in [7, 11) is 0. The number of carboxylic acids is 2. The highest BCUT2D eigenvalue weighted by Crippen LogP contribution is 2.14. The van der Waals surface area contributed by atoms with Crippen LogP contribution in [0.3, 0.4) is 0 Å². The van der Waals surface area contributed by atoms with E-state index in [0.29, 0.717) is 11.5 Å². The minimum Gasteiger partial charge on any atom is -0.481 e. The fourth-order valence-electron chi connectivity index (χ4n) is 1.79. The molecule has 0 spiro atoms. The first-order chi connectivity index (χ1) is 9.81. The molecule has 21 heavy (non-hydrogen) atoms. The Morgan fingerprint density at radius 2 is 1.67 bits per heavy atom. The van der Waals surface area contributed by atoms with Crippen molar-refractivity contribution in [2.75, 3.05) is 0 Å². The van der Waals surface area contributed by atoms with Gasteiger partial charge < -0.3 is 15.5 Å². The number of carbonyl (C=O) groups is 3. The molecule has 1 aromatic carbocycles. The lowest BCUT2D eigenvalue weighted by Gasteiger charge is -2.14. The highest BCUT2D eigenvalue weighted by atomic mass is 16.4. The fourth-order valence-corrected chi connectivity index (χ4v) is 1.79. The van der Waals surface area contributed by atoms with E-state index in [2.05, 4.69) is 5.32 Å². The zero-order valence-electron chi connectivity index (χ0n) is 12.0. The van der Waals surface area contributed by atoms with Gasteiger partial charge in [0, 0.05) is 12.0 Å². The highest BCUT2D eigenvalue weighted by Gasteiger charge is 2.21. The normalized spacial score (nSPS) is 12.0. The molecule has 0 aromatic heterocycles. The Hall–Kier alpha value is -2.37. The van der Waals surface area contributed by atoms with Crippen LogP contribution in [-0.2, 0) is 9.59 Å². The molecule has 0 saturated heterocycles. The lowest BCUT2D eigenvalue weighted by atomic mass is 10.0. The van der Waals surface area contributed by atoms with Crippen LogP contribution in [0.2, 0.25) is 0 Å². The number of hydrogen-bond acceptors (Lipinski definition) is 3. The summed E-state index contributed by atoms with van der Waals surface area (Å²) in [5, 5.41) is 19.9. The van der Waals surface area contributed by atoms with Crippen LogP contribution >= 0.6 is 0 Å². The van der Waals surface area contributed by atoms with Gasteiger partial charge in [0.1, 0.15) is 6.04 Å². The monoisotopic (exact) mass is 293 g/mol. The Balaban J connectivity index is 2.72. The first kappa shape index (κ1) is 16.7. The zero-order chi connectivity index (χ0) is 16.0. The molecule has 0 bridgehead atoms. The van der Waals surface area contributed by atoms with E-state index >= 15 is 0 Å². The number of rotatable bonds is 7. The number of carbonyl (C=O) groups excluding carboxylic acids is 1. The molecular formula is C15H19NO5. The molecule has 1 rings (SSSR count). The molecule has 1 aromatic rings. The molecule has 6 heteroatoms. The molecule has 0 aliphatic carbocycles. The van der Waals surface area contributed by atoms with E-state index in [9.17, 15) is 14.4 Å². The van der Waals surface area contributed by atoms with Gasteiger partial charge in [0.15, 0.2) is 0 Å². The van der Waals surface area contributed by atoms with Crippen molar-refractivity contribution in [1.82, 2.24) is 5.32 Å². The van der Waals surface area contributed by atoms with Crippen LogP contribution in [0.1, 0.15) is 48.5 Å². The molecule has 0 saturated carbocycles. The Kier molecular flexibility index (Phi) is 5.90. The molecule has 0 aliphatic heterocycles. The molecule has 0 heterocycles. The van der Waals surface area contributed by atoms with Crippen molar-refractivity contribution in [2.45, 2.75) is 38.6 Å². The van der Waals surface area contributed by atoms with Crippen LogP contribution in [0.25, 0.3) is 0 Å². The van der Waals surface area contributed by atoms with Crippen LogP contribution in [0.15, 0.2) is 24.3 Å². The lowest BCUT2D eigenvalue weighted by Crippen LogP contribution is -2.41. The summed E-state index contributed by atoms with van der Waals surface area (Å²) < 4.78 is 0. The van der Waals surface area contributed by atoms with Crippen LogP contribution in [-0.4, -0.2) is 34.1 Å². The standard InChI is InChI=1S/C15H19NO5/c1-9(2)10-3-5-11(6-4-10)14(19)16-12(15(20)21)7-8-13(17)18/h3-6,9,12H,7-8H2,1-2H3,(H,16,19)(H,17,18)(H,20,21). The Morgan fingerprint density at radius 1 is 1.10 bits per heavy atom. The number of carboxylic acid groups (broad SMARTS) is 2. The summed E-state index contributed by atoms with van der Waals surface area (Å²) in [5.41, 5.74) is 1.42. The molecule has 1 amide bonds. The van der Waals surface area contributed by atoms with Crippen LogP contribution in [0.4, 0.5) is 0 Å². The van der Waals surface area contributed by atoms with E-state index in [1.807, 2.05) is 26.0 Å². The molecule has 3 N–H and O–H groups in total. The average Bonchev–Trinajstić information content (AvgIpc) is 2.42. The van der Waals surface area contributed by atoms with Crippen molar-refractivity contribution in [3.8, 4) is 0 Å². The summed E-state index contributed by atoms with van der Waals surface area (Å²) in [4.78, 5) is 33.5. The summed E-state index contributed by atoms with van der Waals surface area (Å²) in [6, 6.07) is 5.67. The fraction of sp³-hybridized carbons (Fsp3) is 0.400. The minimum absolute atomic E-state index is 0.152. The molecule has 0 radical (unpaired) electrons. The first-order valence-corrected chi connectivity index (χ1v) is 6.66. The Labute approximate surface area is 122 Å². The van der Waals surface area contributed by atoms with Crippen molar-refractivity contribution in [3.05, 3.63) is 35.4 Å². The zero-order valence-corrected chi connectivity index (χ0v) is 12.0. The molecule has 1 unspecified atom stereocenters. The smallest absolute Gasteiger partial charge is 0.326 e.